The van der Waals surface area contributed by atoms with Gasteiger partial charge in [-0.3, -0.25) is 0 Å². The maximum absolute atomic E-state index is 5.32. The van der Waals surface area contributed by atoms with Gasteiger partial charge in [-0.05, 0) is 6.92 Å². The zero-order chi connectivity index (χ0) is 10.6. The first-order valence-electron chi connectivity index (χ1n) is 4.67. The Labute approximate surface area is 94.0 Å². The van der Waals surface area contributed by atoms with Crippen LogP contribution < -0.4 is 0 Å². The van der Waals surface area contributed by atoms with Crippen LogP contribution in [-0.4, -0.2) is 51.8 Å². The van der Waals surface area contributed by atoms with Crippen LogP contribution in [0.1, 0.15) is 6.92 Å². The van der Waals surface area contributed by atoms with E-state index in [1.54, 1.807) is 7.11 Å². The van der Waals surface area contributed by atoms with Crippen LogP contribution in [-0.2, 0) is 18.9 Å². The lowest BCUT2D eigenvalue weighted by Gasteiger charge is -2.13. The van der Waals surface area contributed by atoms with E-state index in [9.17, 15) is 0 Å². The number of hydrogen-bond donors (Lipinski definition) is 0. The first-order valence-corrected chi connectivity index (χ1v) is 5.79. The topological polar surface area (TPSA) is 36.9 Å². The second-order valence-electron chi connectivity index (χ2n) is 2.60. The zero-order valence-corrected chi connectivity index (χ0v) is 10.4. The van der Waals surface area contributed by atoms with Gasteiger partial charge in [0.2, 0.25) is 0 Å². The van der Waals surface area contributed by atoms with Crippen LogP contribution in [0.15, 0.2) is 0 Å². The molecule has 1 atom stereocenters. The number of rotatable bonds is 10. The van der Waals surface area contributed by atoms with Crippen molar-refractivity contribution in [3.05, 3.63) is 0 Å². The number of halogens is 1. The summed E-state index contributed by atoms with van der Waals surface area (Å²) < 4.78 is 20.6. The molecule has 0 aliphatic carbocycles. The summed E-state index contributed by atoms with van der Waals surface area (Å²) in [6.45, 7) is 4.88. The van der Waals surface area contributed by atoms with Gasteiger partial charge in [-0.25, -0.2) is 0 Å². The molecule has 0 aromatic heterocycles. The van der Waals surface area contributed by atoms with E-state index in [-0.39, 0.29) is 6.29 Å². The fourth-order valence-corrected chi connectivity index (χ4v) is 1.00. The molecular formula is C9H19BrO4. The smallest absolute Gasteiger partial charge is 0.155 e. The van der Waals surface area contributed by atoms with Crippen LogP contribution in [0.25, 0.3) is 0 Å². The molecule has 0 fully saturated rings. The Kier molecular flexibility index (Phi) is 11.7. The summed E-state index contributed by atoms with van der Waals surface area (Å²) >= 11 is 3.27. The van der Waals surface area contributed by atoms with E-state index in [1.165, 1.54) is 0 Å². The van der Waals surface area contributed by atoms with Crippen molar-refractivity contribution in [1.82, 2.24) is 0 Å². The van der Waals surface area contributed by atoms with E-state index in [0.29, 0.717) is 33.0 Å². The van der Waals surface area contributed by atoms with Crippen LogP contribution in [0, 0.1) is 0 Å². The molecule has 0 radical (unpaired) electrons. The maximum atomic E-state index is 5.32. The summed E-state index contributed by atoms with van der Waals surface area (Å²) in [6, 6.07) is 0. The molecule has 0 spiro atoms. The molecular weight excluding hydrogens is 252 g/mol. The fourth-order valence-electron chi connectivity index (χ4n) is 0.775. The molecule has 0 aromatic rings. The second kappa shape index (κ2) is 11.4. The predicted molar refractivity (Wildman–Crippen MR) is 57.9 cm³/mol. The highest BCUT2D eigenvalue weighted by atomic mass is 79.9. The average molecular weight is 271 g/mol. The van der Waals surface area contributed by atoms with Crippen LogP contribution in [0.2, 0.25) is 0 Å². The monoisotopic (exact) mass is 270 g/mol. The Morgan fingerprint density at radius 2 is 1.64 bits per heavy atom. The van der Waals surface area contributed by atoms with Gasteiger partial charge in [-0.2, -0.15) is 0 Å². The third kappa shape index (κ3) is 10.4. The Morgan fingerprint density at radius 1 is 1.00 bits per heavy atom. The lowest BCUT2D eigenvalue weighted by atomic mass is 10.7. The number of ether oxygens (including phenoxy) is 4. The third-order valence-electron chi connectivity index (χ3n) is 1.44. The number of hydrogen-bond acceptors (Lipinski definition) is 4. The first-order chi connectivity index (χ1) is 6.81. The van der Waals surface area contributed by atoms with E-state index < -0.39 is 0 Å². The normalized spacial score (nSPS) is 13.1. The molecule has 0 rings (SSSR count). The summed E-state index contributed by atoms with van der Waals surface area (Å²) in [7, 11) is 1.64. The molecule has 0 heterocycles. The van der Waals surface area contributed by atoms with Gasteiger partial charge >= 0.3 is 0 Å². The third-order valence-corrected chi connectivity index (χ3v) is 1.77. The highest BCUT2D eigenvalue weighted by Crippen LogP contribution is 1.93. The van der Waals surface area contributed by atoms with Crippen LogP contribution in [0.3, 0.4) is 0 Å². The summed E-state index contributed by atoms with van der Waals surface area (Å²) in [4.78, 5) is 0. The van der Waals surface area contributed by atoms with Crippen molar-refractivity contribution in [3.8, 4) is 0 Å². The minimum Gasteiger partial charge on any atom is -0.382 e. The molecule has 0 bridgehead atoms. The molecule has 14 heavy (non-hydrogen) atoms. The summed E-state index contributed by atoms with van der Waals surface area (Å²) in [5, 5.41) is 0.854. The molecule has 0 aromatic carbocycles. The van der Waals surface area contributed by atoms with Crippen molar-refractivity contribution in [3.63, 3.8) is 0 Å². The van der Waals surface area contributed by atoms with Crippen molar-refractivity contribution < 1.29 is 18.9 Å². The van der Waals surface area contributed by atoms with Crippen LogP contribution in [0.4, 0.5) is 0 Å². The van der Waals surface area contributed by atoms with Gasteiger partial charge in [0.1, 0.15) is 0 Å². The van der Waals surface area contributed by atoms with Gasteiger partial charge in [0.05, 0.1) is 33.0 Å². The van der Waals surface area contributed by atoms with Gasteiger partial charge < -0.3 is 18.9 Å². The summed E-state index contributed by atoms with van der Waals surface area (Å²) in [5.41, 5.74) is 0. The van der Waals surface area contributed by atoms with Crippen LogP contribution >= 0.6 is 15.9 Å². The minimum atomic E-state index is -0.197. The van der Waals surface area contributed by atoms with E-state index in [0.717, 1.165) is 5.33 Å². The van der Waals surface area contributed by atoms with E-state index >= 15 is 0 Å². The standard InChI is InChI=1S/C9H19BrO4/c1-9(13-7-5-11-2)14-8-6-12-4-3-10/h9H,3-8H2,1-2H3. The quantitative estimate of drug-likeness (QED) is 0.342. The molecule has 5 heteroatoms. The van der Waals surface area contributed by atoms with E-state index in [1.807, 2.05) is 6.92 Å². The molecule has 1 unspecified atom stereocenters. The fraction of sp³-hybridized carbons (Fsp3) is 1.00. The molecule has 0 saturated carbocycles. The number of methoxy groups -OCH3 is 1. The SMILES string of the molecule is COCCOC(C)OCCOCCBr. The van der Waals surface area contributed by atoms with E-state index in [2.05, 4.69) is 15.9 Å². The summed E-state index contributed by atoms with van der Waals surface area (Å²) in [6.07, 6.45) is -0.197. The predicted octanol–water partition coefficient (Wildman–Crippen LogP) is 1.42. The molecule has 4 nitrogen and oxygen atoms in total. The highest BCUT2D eigenvalue weighted by molar-refractivity contribution is 9.09. The van der Waals surface area contributed by atoms with Crippen molar-refractivity contribution in [2.24, 2.45) is 0 Å². The van der Waals surface area contributed by atoms with Gasteiger partial charge in [0.15, 0.2) is 6.29 Å². The number of alkyl halides is 1. The lowest BCUT2D eigenvalue weighted by Crippen LogP contribution is -2.18. The van der Waals surface area contributed by atoms with Crippen molar-refractivity contribution in [2.75, 3.05) is 45.5 Å². The van der Waals surface area contributed by atoms with Gasteiger partial charge in [-0.1, -0.05) is 15.9 Å². The van der Waals surface area contributed by atoms with Gasteiger partial charge in [-0.15, -0.1) is 0 Å². The molecule has 0 N–H and O–H groups in total. The molecule has 0 amide bonds. The maximum Gasteiger partial charge on any atom is 0.155 e. The largest absolute Gasteiger partial charge is 0.382 e. The first kappa shape index (κ1) is 14.3. The van der Waals surface area contributed by atoms with E-state index in [4.69, 9.17) is 18.9 Å². The molecule has 0 saturated heterocycles. The lowest BCUT2D eigenvalue weighted by molar-refractivity contribution is -0.145. The van der Waals surface area contributed by atoms with Crippen molar-refractivity contribution >= 4 is 15.9 Å². The summed E-state index contributed by atoms with van der Waals surface area (Å²) in [5.74, 6) is 0. The van der Waals surface area contributed by atoms with Crippen molar-refractivity contribution in [2.45, 2.75) is 13.2 Å². The van der Waals surface area contributed by atoms with Gasteiger partial charge in [0.25, 0.3) is 0 Å². The van der Waals surface area contributed by atoms with Gasteiger partial charge in [0, 0.05) is 12.4 Å². The molecule has 0 aliphatic heterocycles. The average Bonchev–Trinajstić information content (AvgIpc) is 2.18. The minimum absolute atomic E-state index is 0.197. The Morgan fingerprint density at radius 3 is 2.21 bits per heavy atom. The Balaban J connectivity index is 3.06. The van der Waals surface area contributed by atoms with Crippen molar-refractivity contribution in [1.29, 1.82) is 0 Å². The second-order valence-corrected chi connectivity index (χ2v) is 3.40. The Bertz CT molecular complexity index is 113. The highest BCUT2D eigenvalue weighted by Gasteiger charge is 2.00. The zero-order valence-electron chi connectivity index (χ0n) is 8.83. The Hall–Kier alpha value is 0.320. The van der Waals surface area contributed by atoms with Crippen LogP contribution in [0.5, 0.6) is 0 Å². The molecule has 0 aliphatic rings. The molecule has 86 valence electrons.